The van der Waals surface area contributed by atoms with E-state index in [9.17, 15) is 9.59 Å². The molecular formula is C19H27N3O2. The highest BCUT2D eigenvalue weighted by molar-refractivity contribution is 5.96. The number of amides is 2. The van der Waals surface area contributed by atoms with Gasteiger partial charge in [0.05, 0.1) is 6.54 Å². The zero-order chi connectivity index (χ0) is 16.8. The summed E-state index contributed by atoms with van der Waals surface area (Å²) in [6.45, 7) is 3.70. The number of hydrogen-bond donors (Lipinski definition) is 1. The quantitative estimate of drug-likeness (QED) is 0.918. The Balaban J connectivity index is 1.46. The summed E-state index contributed by atoms with van der Waals surface area (Å²) in [6, 6.07) is 9.75. The van der Waals surface area contributed by atoms with Crippen LogP contribution in [0.25, 0.3) is 0 Å². The van der Waals surface area contributed by atoms with Gasteiger partial charge < -0.3 is 10.2 Å². The normalized spacial score (nSPS) is 19.9. The highest BCUT2D eigenvalue weighted by Crippen LogP contribution is 2.24. The lowest BCUT2D eigenvalue weighted by molar-refractivity contribution is -0.130. The van der Waals surface area contributed by atoms with Gasteiger partial charge in [-0.15, -0.1) is 0 Å². The van der Waals surface area contributed by atoms with E-state index in [2.05, 4.69) is 10.2 Å². The Morgan fingerprint density at radius 1 is 0.958 bits per heavy atom. The summed E-state index contributed by atoms with van der Waals surface area (Å²) < 4.78 is 0. The number of benzene rings is 1. The van der Waals surface area contributed by atoms with E-state index in [4.69, 9.17) is 0 Å². The van der Waals surface area contributed by atoms with Gasteiger partial charge in [0.15, 0.2) is 0 Å². The Morgan fingerprint density at radius 3 is 2.46 bits per heavy atom. The first-order valence-corrected chi connectivity index (χ1v) is 9.09. The molecule has 0 aromatic heterocycles. The molecule has 0 radical (unpaired) electrons. The minimum atomic E-state index is -0.189. The van der Waals surface area contributed by atoms with Crippen LogP contribution in [0.2, 0.25) is 0 Å². The van der Waals surface area contributed by atoms with Gasteiger partial charge in [-0.1, -0.05) is 31.0 Å². The van der Waals surface area contributed by atoms with Gasteiger partial charge in [0.1, 0.15) is 0 Å². The van der Waals surface area contributed by atoms with Crippen LogP contribution in [0.15, 0.2) is 30.3 Å². The summed E-state index contributed by atoms with van der Waals surface area (Å²) in [6.07, 6.45) is 6.32. The van der Waals surface area contributed by atoms with E-state index in [1.54, 1.807) is 12.1 Å². The minimum Gasteiger partial charge on any atom is -0.343 e. The molecule has 0 spiro atoms. The molecule has 0 atom stereocenters. The van der Waals surface area contributed by atoms with E-state index in [1.165, 1.54) is 25.7 Å². The lowest BCUT2D eigenvalue weighted by atomic mass is 10.2. The number of hydrogen-bond acceptors (Lipinski definition) is 3. The van der Waals surface area contributed by atoms with Gasteiger partial charge in [-0.3, -0.25) is 14.5 Å². The maximum atomic E-state index is 12.4. The molecule has 1 aliphatic carbocycles. The predicted octanol–water partition coefficient (Wildman–Crippen LogP) is 1.89. The van der Waals surface area contributed by atoms with Gasteiger partial charge in [-0.05, 0) is 31.4 Å². The van der Waals surface area contributed by atoms with Gasteiger partial charge in [-0.25, -0.2) is 0 Å². The molecule has 1 aromatic rings. The van der Waals surface area contributed by atoms with Crippen molar-refractivity contribution < 1.29 is 9.59 Å². The van der Waals surface area contributed by atoms with Gasteiger partial charge >= 0.3 is 0 Å². The lowest BCUT2D eigenvalue weighted by Crippen LogP contribution is -2.42. The van der Waals surface area contributed by atoms with Crippen LogP contribution in [0.4, 0.5) is 0 Å². The maximum absolute atomic E-state index is 12.4. The third-order valence-electron chi connectivity index (χ3n) is 5.16. The fourth-order valence-corrected chi connectivity index (χ4v) is 3.78. The van der Waals surface area contributed by atoms with E-state index in [1.807, 2.05) is 23.1 Å². The van der Waals surface area contributed by atoms with Gasteiger partial charge in [0.25, 0.3) is 5.91 Å². The monoisotopic (exact) mass is 329 g/mol. The number of nitrogens with one attached hydrogen (secondary N) is 1. The zero-order valence-corrected chi connectivity index (χ0v) is 14.2. The van der Waals surface area contributed by atoms with Crippen molar-refractivity contribution in [3.63, 3.8) is 0 Å². The van der Waals surface area contributed by atoms with Gasteiger partial charge in [-0.2, -0.15) is 0 Å². The Bertz CT molecular complexity index is 555. The Kier molecular flexibility index (Phi) is 5.86. The molecule has 1 saturated heterocycles. The minimum absolute atomic E-state index is 0.0209. The molecule has 5 heteroatoms. The van der Waals surface area contributed by atoms with E-state index in [-0.39, 0.29) is 18.4 Å². The van der Waals surface area contributed by atoms with Crippen LogP contribution in [-0.2, 0) is 4.79 Å². The van der Waals surface area contributed by atoms with Crippen molar-refractivity contribution in [2.45, 2.75) is 38.1 Å². The third kappa shape index (κ3) is 4.35. The first kappa shape index (κ1) is 17.0. The molecule has 0 unspecified atom stereocenters. The second-order valence-electron chi connectivity index (χ2n) is 6.76. The van der Waals surface area contributed by atoms with Crippen molar-refractivity contribution in [2.75, 3.05) is 32.7 Å². The standard InChI is InChI=1S/C19H27N3O2/c23-18(15-20-19(24)16-7-2-1-3-8-16)22-12-6-11-21(13-14-22)17-9-4-5-10-17/h1-3,7-8,17H,4-6,9-15H2,(H,20,24). The molecule has 1 aliphatic heterocycles. The van der Waals surface area contributed by atoms with Crippen LogP contribution in [0, 0.1) is 0 Å². The van der Waals surface area contributed by atoms with E-state index < -0.39 is 0 Å². The van der Waals surface area contributed by atoms with Crippen molar-refractivity contribution in [3.05, 3.63) is 35.9 Å². The number of nitrogens with zero attached hydrogens (tertiary/aromatic N) is 2. The largest absolute Gasteiger partial charge is 0.343 e. The molecule has 0 bridgehead atoms. The van der Waals surface area contributed by atoms with Crippen LogP contribution in [0.3, 0.4) is 0 Å². The van der Waals surface area contributed by atoms with Crippen LogP contribution < -0.4 is 5.32 Å². The first-order chi connectivity index (χ1) is 11.7. The number of carbonyl (C=O) groups excluding carboxylic acids is 2. The van der Waals surface area contributed by atoms with Crippen LogP contribution in [-0.4, -0.2) is 60.4 Å². The molecule has 24 heavy (non-hydrogen) atoms. The fourth-order valence-electron chi connectivity index (χ4n) is 3.78. The number of carbonyl (C=O) groups is 2. The topological polar surface area (TPSA) is 52.7 Å². The molecule has 5 nitrogen and oxygen atoms in total. The van der Waals surface area contributed by atoms with Gasteiger partial charge in [0.2, 0.25) is 5.91 Å². The average molecular weight is 329 g/mol. The van der Waals surface area contributed by atoms with Crippen molar-refractivity contribution in [3.8, 4) is 0 Å². The smallest absolute Gasteiger partial charge is 0.251 e. The Morgan fingerprint density at radius 2 is 1.71 bits per heavy atom. The fraction of sp³-hybridized carbons (Fsp3) is 0.579. The van der Waals surface area contributed by atoms with Crippen LogP contribution in [0.5, 0.6) is 0 Å². The van der Waals surface area contributed by atoms with E-state index in [0.29, 0.717) is 5.56 Å². The second kappa shape index (κ2) is 8.29. The molecule has 1 N–H and O–H groups in total. The van der Waals surface area contributed by atoms with Gasteiger partial charge in [0, 0.05) is 37.8 Å². The summed E-state index contributed by atoms with van der Waals surface area (Å²) in [5.41, 5.74) is 0.591. The van der Waals surface area contributed by atoms with Crippen molar-refractivity contribution in [1.29, 1.82) is 0 Å². The molecular weight excluding hydrogens is 302 g/mol. The molecule has 3 rings (SSSR count). The molecule has 130 valence electrons. The lowest BCUT2D eigenvalue weighted by Gasteiger charge is -2.27. The summed E-state index contributed by atoms with van der Waals surface area (Å²) in [5, 5.41) is 2.74. The SMILES string of the molecule is O=C(NCC(=O)N1CCCN(C2CCCC2)CC1)c1ccccc1. The Labute approximate surface area is 144 Å². The summed E-state index contributed by atoms with van der Waals surface area (Å²) in [4.78, 5) is 28.9. The van der Waals surface area contributed by atoms with Crippen molar-refractivity contribution in [2.24, 2.45) is 0 Å². The number of rotatable bonds is 4. The van der Waals surface area contributed by atoms with Crippen molar-refractivity contribution in [1.82, 2.24) is 15.1 Å². The molecule has 2 amide bonds. The third-order valence-corrected chi connectivity index (χ3v) is 5.16. The second-order valence-corrected chi connectivity index (χ2v) is 6.76. The van der Waals surface area contributed by atoms with Crippen LogP contribution in [0.1, 0.15) is 42.5 Å². The first-order valence-electron chi connectivity index (χ1n) is 9.09. The molecule has 1 aromatic carbocycles. The van der Waals surface area contributed by atoms with E-state index >= 15 is 0 Å². The van der Waals surface area contributed by atoms with Crippen molar-refractivity contribution >= 4 is 11.8 Å². The summed E-state index contributed by atoms with van der Waals surface area (Å²) in [5.74, 6) is -0.168. The molecule has 2 fully saturated rings. The summed E-state index contributed by atoms with van der Waals surface area (Å²) >= 11 is 0. The maximum Gasteiger partial charge on any atom is 0.251 e. The molecule has 2 aliphatic rings. The highest BCUT2D eigenvalue weighted by Gasteiger charge is 2.26. The summed E-state index contributed by atoms with van der Waals surface area (Å²) in [7, 11) is 0. The average Bonchev–Trinajstić information content (AvgIpc) is 3.04. The Hall–Kier alpha value is -1.88. The van der Waals surface area contributed by atoms with E-state index in [0.717, 1.165) is 38.6 Å². The van der Waals surface area contributed by atoms with Crippen LogP contribution >= 0.6 is 0 Å². The zero-order valence-electron chi connectivity index (χ0n) is 14.2. The highest BCUT2D eigenvalue weighted by atomic mass is 16.2. The molecule has 1 saturated carbocycles. The molecule has 1 heterocycles. The predicted molar refractivity (Wildman–Crippen MR) is 93.8 cm³/mol.